The standard InChI is InChI=1S/C19H22FN3O2/c1-14-6-7-16(15(20)12-14)21-19(25)13-22-8-10-23(11-9-22)17-4-2-3-5-18(17)24/h2-7,12,24H,8-11,13H2,1H3,(H,21,25). The number of hydrogen-bond acceptors (Lipinski definition) is 4. The average molecular weight is 343 g/mol. The van der Waals surface area contributed by atoms with E-state index in [0.29, 0.717) is 13.1 Å². The number of nitrogens with one attached hydrogen (secondary N) is 1. The molecular formula is C19H22FN3O2. The van der Waals surface area contributed by atoms with E-state index in [2.05, 4.69) is 10.2 Å². The first-order valence-corrected chi connectivity index (χ1v) is 8.34. The van der Waals surface area contributed by atoms with Crippen LogP contribution in [0, 0.1) is 12.7 Å². The maximum absolute atomic E-state index is 13.8. The molecule has 1 saturated heterocycles. The maximum atomic E-state index is 13.8. The molecule has 0 aromatic heterocycles. The Bertz CT molecular complexity index is 758. The van der Waals surface area contributed by atoms with Crippen molar-refractivity contribution in [2.75, 3.05) is 42.9 Å². The number of anilines is 2. The van der Waals surface area contributed by atoms with E-state index in [1.807, 2.05) is 17.0 Å². The molecular weight excluding hydrogens is 321 g/mol. The second-order valence-electron chi connectivity index (χ2n) is 6.28. The lowest BCUT2D eigenvalue weighted by Gasteiger charge is -2.35. The van der Waals surface area contributed by atoms with Gasteiger partial charge in [-0.05, 0) is 36.8 Å². The highest BCUT2D eigenvalue weighted by atomic mass is 19.1. The Labute approximate surface area is 146 Å². The summed E-state index contributed by atoms with van der Waals surface area (Å²) in [5.41, 5.74) is 1.84. The first kappa shape index (κ1) is 17.2. The van der Waals surface area contributed by atoms with Crippen LogP contribution in [0.15, 0.2) is 42.5 Å². The summed E-state index contributed by atoms with van der Waals surface area (Å²) in [5, 5.41) is 12.6. The molecule has 1 fully saturated rings. The van der Waals surface area contributed by atoms with Crippen LogP contribution < -0.4 is 10.2 Å². The fourth-order valence-electron chi connectivity index (χ4n) is 2.99. The predicted molar refractivity (Wildman–Crippen MR) is 96.5 cm³/mol. The van der Waals surface area contributed by atoms with E-state index >= 15 is 0 Å². The van der Waals surface area contributed by atoms with Crippen molar-refractivity contribution in [2.45, 2.75) is 6.92 Å². The van der Waals surface area contributed by atoms with Gasteiger partial charge in [-0.1, -0.05) is 18.2 Å². The second-order valence-corrected chi connectivity index (χ2v) is 6.28. The van der Waals surface area contributed by atoms with Gasteiger partial charge < -0.3 is 15.3 Å². The van der Waals surface area contributed by atoms with Crippen molar-refractivity contribution < 1.29 is 14.3 Å². The topological polar surface area (TPSA) is 55.8 Å². The number of carbonyl (C=O) groups excluding carboxylic acids is 1. The van der Waals surface area contributed by atoms with Gasteiger partial charge in [0.1, 0.15) is 11.6 Å². The lowest BCUT2D eigenvalue weighted by molar-refractivity contribution is -0.117. The van der Waals surface area contributed by atoms with Crippen molar-refractivity contribution in [3.63, 3.8) is 0 Å². The van der Waals surface area contributed by atoms with E-state index in [-0.39, 0.29) is 23.9 Å². The highest BCUT2D eigenvalue weighted by Crippen LogP contribution is 2.27. The van der Waals surface area contributed by atoms with Gasteiger partial charge in [0, 0.05) is 26.2 Å². The monoisotopic (exact) mass is 343 g/mol. The Kier molecular flexibility index (Phi) is 5.19. The third kappa shape index (κ3) is 4.28. The molecule has 0 radical (unpaired) electrons. The quantitative estimate of drug-likeness (QED) is 0.896. The molecule has 0 unspecified atom stereocenters. The summed E-state index contributed by atoms with van der Waals surface area (Å²) >= 11 is 0. The molecule has 2 aromatic carbocycles. The highest BCUT2D eigenvalue weighted by Gasteiger charge is 2.21. The van der Waals surface area contributed by atoms with Gasteiger partial charge in [-0.15, -0.1) is 0 Å². The number of piperazine rings is 1. The molecule has 2 aromatic rings. The van der Waals surface area contributed by atoms with E-state index in [9.17, 15) is 14.3 Å². The van der Waals surface area contributed by atoms with E-state index in [1.165, 1.54) is 6.07 Å². The molecule has 3 rings (SSSR count). The number of carbonyl (C=O) groups is 1. The molecule has 0 bridgehead atoms. The van der Waals surface area contributed by atoms with Crippen LogP contribution in [0.2, 0.25) is 0 Å². The van der Waals surface area contributed by atoms with Crippen LogP contribution in [0.4, 0.5) is 15.8 Å². The zero-order chi connectivity index (χ0) is 17.8. The zero-order valence-electron chi connectivity index (χ0n) is 14.2. The first-order valence-electron chi connectivity index (χ1n) is 8.34. The normalized spacial score (nSPS) is 15.2. The Morgan fingerprint density at radius 2 is 1.88 bits per heavy atom. The number of rotatable bonds is 4. The Hall–Kier alpha value is -2.60. The number of halogens is 1. The van der Waals surface area contributed by atoms with Gasteiger partial charge in [-0.3, -0.25) is 9.69 Å². The summed E-state index contributed by atoms with van der Waals surface area (Å²) in [4.78, 5) is 16.3. The molecule has 1 aliphatic rings. The average Bonchev–Trinajstić information content (AvgIpc) is 2.59. The van der Waals surface area contributed by atoms with Crippen molar-refractivity contribution >= 4 is 17.3 Å². The molecule has 1 heterocycles. The third-order valence-corrected chi connectivity index (χ3v) is 4.36. The number of hydrogen-bond donors (Lipinski definition) is 2. The number of aryl methyl sites for hydroxylation is 1. The fraction of sp³-hybridized carbons (Fsp3) is 0.316. The van der Waals surface area contributed by atoms with Crippen LogP contribution in [0.5, 0.6) is 5.75 Å². The molecule has 0 saturated carbocycles. The molecule has 0 atom stereocenters. The Balaban J connectivity index is 1.52. The molecule has 132 valence electrons. The van der Waals surface area contributed by atoms with E-state index < -0.39 is 5.82 Å². The van der Waals surface area contributed by atoms with E-state index in [1.54, 1.807) is 31.2 Å². The molecule has 0 spiro atoms. The second kappa shape index (κ2) is 7.53. The van der Waals surface area contributed by atoms with Crippen LogP contribution >= 0.6 is 0 Å². The number of amides is 1. The van der Waals surface area contributed by atoms with Gasteiger partial charge in [0.05, 0.1) is 17.9 Å². The number of nitrogens with zero attached hydrogens (tertiary/aromatic N) is 2. The zero-order valence-corrected chi connectivity index (χ0v) is 14.2. The van der Waals surface area contributed by atoms with Gasteiger partial charge in [-0.2, -0.15) is 0 Å². The number of aromatic hydroxyl groups is 1. The van der Waals surface area contributed by atoms with Crippen molar-refractivity contribution in [3.05, 3.63) is 53.8 Å². The molecule has 1 aliphatic heterocycles. The maximum Gasteiger partial charge on any atom is 0.238 e. The van der Waals surface area contributed by atoms with Crippen LogP contribution in [-0.4, -0.2) is 48.6 Å². The summed E-state index contributed by atoms with van der Waals surface area (Å²) in [5.74, 6) is -0.375. The number of benzene rings is 2. The molecule has 25 heavy (non-hydrogen) atoms. The molecule has 6 heteroatoms. The van der Waals surface area contributed by atoms with Crippen LogP contribution in [0.3, 0.4) is 0 Å². The summed E-state index contributed by atoms with van der Waals surface area (Å²) in [6.07, 6.45) is 0. The van der Waals surface area contributed by atoms with E-state index in [0.717, 1.165) is 24.3 Å². The molecule has 2 N–H and O–H groups in total. The lowest BCUT2D eigenvalue weighted by Crippen LogP contribution is -2.48. The molecule has 1 amide bonds. The minimum Gasteiger partial charge on any atom is -0.506 e. The van der Waals surface area contributed by atoms with E-state index in [4.69, 9.17) is 0 Å². The SMILES string of the molecule is Cc1ccc(NC(=O)CN2CCN(c3ccccc3O)CC2)c(F)c1. The summed E-state index contributed by atoms with van der Waals surface area (Å²) < 4.78 is 13.8. The highest BCUT2D eigenvalue weighted by molar-refractivity contribution is 5.92. The van der Waals surface area contributed by atoms with Crippen LogP contribution in [0.1, 0.15) is 5.56 Å². The third-order valence-electron chi connectivity index (χ3n) is 4.36. The number of phenolic OH excluding ortho intramolecular Hbond substituents is 1. The lowest BCUT2D eigenvalue weighted by atomic mass is 10.2. The minimum absolute atomic E-state index is 0.212. The molecule has 0 aliphatic carbocycles. The Morgan fingerprint density at radius 3 is 2.56 bits per heavy atom. The van der Waals surface area contributed by atoms with Crippen LogP contribution in [-0.2, 0) is 4.79 Å². The minimum atomic E-state index is -0.419. The fourth-order valence-corrected chi connectivity index (χ4v) is 2.99. The van der Waals surface area contributed by atoms with Crippen molar-refractivity contribution in [1.29, 1.82) is 0 Å². The summed E-state index contributed by atoms with van der Waals surface area (Å²) in [7, 11) is 0. The summed E-state index contributed by atoms with van der Waals surface area (Å²) in [6, 6.07) is 12.0. The van der Waals surface area contributed by atoms with Gasteiger partial charge in [0.15, 0.2) is 0 Å². The number of phenols is 1. The van der Waals surface area contributed by atoms with Crippen molar-refractivity contribution in [3.8, 4) is 5.75 Å². The smallest absolute Gasteiger partial charge is 0.238 e. The van der Waals surface area contributed by atoms with Crippen molar-refractivity contribution in [1.82, 2.24) is 4.90 Å². The number of para-hydroxylation sites is 2. The van der Waals surface area contributed by atoms with Gasteiger partial charge in [0.2, 0.25) is 5.91 Å². The predicted octanol–water partition coefficient (Wildman–Crippen LogP) is 2.60. The Morgan fingerprint density at radius 1 is 1.16 bits per heavy atom. The van der Waals surface area contributed by atoms with Gasteiger partial charge >= 0.3 is 0 Å². The van der Waals surface area contributed by atoms with Crippen molar-refractivity contribution in [2.24, 2.45) is 0 Å². The van der Waals surface area contributed by atoms with Gasteiger partial charge in [0.25, 0.3) is 0 Å². The molecule has 5 nitrogen and oxygen atoms in total. The first-order chi connectivity index (χ1) is 12.0. The van der Waals surface area contributed by atoms with Crippen LogP contribution in [0.25, 0.3) is 0 Å². The summed E-state index contributed by atoms with van der Waals surface area (Å²) in [6.45, 7) is 4.89. The largest absolute Gasteiger partial charge is 0.506 e. The van der Waals surface area contributed by atoms with Gasteiger partial charge in [-0.25, -0.2) is 4.39 Å².